The fourth-order valence-electron chi connectivity index (χ4n) is 5.34. The van der Waals surface area contributed by atoms with Crippen LogP contribution in [0.1, 0.15) is 69.1 Å². The summed E-state index contributed by atoms with van der Waals surface area (Å²) in [6, 6.07) is 0.458. The first-order valence-electron chi connectivity index (χ1n) is 9.96. The van der Waals surface area contributed by atoms with E-state index in [9.17, 15) is 5.11 Å². The highest BCUT2D eigenvalue weighted by molar-refractivity contribution is 6.08. The number of imidazole rings is 1. The van der Waals surface area contributed by atoms with E-state index in [4.69, 9.17) is 4.52 Å². The largest absolute Gasteiger partial charge is 0.380 e. The lowest BCUT2D eigenvalue weighted by Gasteiger charge is -2.45. The van der Waals surface area contributed by atoms with E-state index in [1.54, 1.807) is 0 Å². The molecule has 2 N–H and O–H groups in total. The average molecular weight is 369 g/mol. The van der Waals surface area contributed by atoms with Crippen molar-refractivity contribution < 1.29 is 9.63 Å². The summed E-state index contributed by atoms with van der Waals surface area (Å²) in [5.41, 5.74) is 2.32. The molecule has 9 nitrogen and oxygen atoms in total. The van der Waals surface area contributed by atoms with Gasteiger partial charge in [-0.25, -0.2) is 4.98 Å². The van der Waals surface area contributed by atoms with Gasteiger partial charge in [0.05, 0.1) is 12.5 Å². The highest BCUT2D eigenvalue weighted by Crippen LogP contribution is 2.45. The quantitative estimate of drug-likeness (QED) is 0.832. The Morgan fingerprint density at radius 3 is 2.93 bits per heavy atom. The van der Waals surface area contributed by atoms with Gasteiger partial charge in [0.25, 0.3) is 5.89 Å². The number of aliphatic hydroxyl groups is 1. The molecule has 0 bridgehead atoms. The van der Waals surface area contributed by atoms with Crippen molar-refractivity contribution in [3.8, 4) is 0 Å². The molecule has 2 fully saturated rings. The summed E-state index contributed by atoms with van der Waals surface area (Å²) in [5.74, 6) is 2.84. The van der Waals surface area contributed by atoms with E-state index in [0.717, 1.165) is 25.1 Å². The van der Waals surface area contributed by atoms with Crippen molar-refractivity contribution in [3.05, 3.63) is 24.2 Å². The lowest BCUT2D eigenvalue weighted by Crippen LogP contribution is -2.53. The van der Waals surface area contributed by atoms with Gasteiger partial charge in [-0.1, -0.05) is 18.0 Å². The van der Waals surface area contributed by atoms with E-state index in [-0.39, 0.29) is 6.17 Å². The van der Waals surface area contributed by atoms with Crippen LogP contribution in [0.4, 0.5) is 5.82 Å². The first-order chi connectivity index (χ1) is 13.2. The van der Waals surface area contributed by atoms with Gasteiger partial charge in [0, 0.05) is 12.0 Å². The third-order valence-corrected chi connectivity index (χ3v) is 6.70. The summed E-state index contributed by atoms with van der Waals surface area (Å²) >= 11 is 0. The number of nitrogens with one attached hydrogen (secondary N) is 1. The number of rotatable bonds is 2. The average Bonchev–Trinajstić information content (AvgIpc) is 3.45. The number of nitrogens with zero attached hydrogens (tertiary/aromatic N) is 6. The van der Waals surface area contributed by atoms with Crippen LogP contribution in [0.2, 0.25) is 0 Å². The second kappa shape index (κ2) is 5.54. The molecular formula is C18H23N7O2. The Bertz CT molecular complexity index is 897. The van der Waals surface area contributed by atoms with Crippen LogP contribution < -0.4 is 10.3 Å². The predicted octanol–water partition coefficient (Wildman–Crippen LogP) is 1.87. The molecule has 3 unspecified atom stereocenters. The molecule has 0 spiro atoms. The fraction of sp³-hybridized carbons (Fsp3) is 0.667. The zero-order valence-electron chi connectivity index (χ0n) is 15.1. The molecule has 2 aliphatic heterocycles. The second-order valence-corrected chi connectivity index (χ2v) is 8.22. The van der Waals surface area contributed by atoms with Gasteiger partial charge in [0.1, 0.15) is 17.6 Å². The molecule has 0 saturated heterocycles. The van der Waals surface area contributed by atoms with Crippen molar-refractivity contribution in [2.75, 3.05) is 4.90 Å². The number of fused-ring (bicyclic) bond motifs is 6. The van der Waals surface area contributed by atoms with Crippen molar-refractivity contribution >= 4 is 11.7 Å². The summed E-state index contributed by atoms with van der Waals surface area (Å²) in [7, 11) is 0. The smallest absolute Gasteiger partial charge is 0.259 e. The molecule has 3 atom stereocenters. The normalized spacial score (nSPS) is 31.1. The molecule has 2 aromatic rings. The lowest BCUT2D eigenvalue weighted by atomic mass is 9.80. The van der Waals surface area contributed by atoms with Crippen LogP contribution in [-0.4, -0.2) is 36.8 Å². The Morgan fingerprint density at radius 2 is 2.04 bits per heavy atom. The summed E-state index contributed by atoms with van der Waals surface area (Å²) in [4.78, 5) is 11.1. The standard InChI is InChI=1S/C18H23N7O2/c26-18(7-3-4-8-18)17-20-14(23-27-17)16-22-21-15-11-5-1-2-6-12(11)24-10-19-9-13(24)25(15)16/h9-12,15,21,26H,1-8H2. The zero-order valence-corrected chi connectivity index (χ0v) is 15.1. The number of amidine groups is 1. The molecule has 4 aliphatic rings. The van der Waals surface area contributed by atoms with Crippen molar-refractivity contribution in [1.82, 2.24) is 25.1 Å². The molecule has 2 aliphatic carbocycles. The highest BCUT2D eigenvalue weighted by atomic mass is 16.5. The predicted molar refractivity (Wildman–Crippen MR) is 95.8 cm³/mol. The van der Waals surface area contributed by atoms with Crippen molar-refractivity contribution in [3.63, 3.8) is 0 Å². The first-order valence-corrected chi connectivity index (χ1v) is 9.96. The van der Waals surface area contributed by atoms with Crippen LogP contribution in [-0.2, 0) is 5.60 Å². The molecule has 0 amide bonds. The summed E-state index contributed by atoms with van der Waals surface area (Å²) < 4.78 is 7.72. The second-order valence-electron chi connectivity index (χ2n) is 8.22. The monoisotopic (exact) mass is 369 g/mol. The number of aromatic nitrogens is 4. The maximum atomic E-state index is 10.8. The number of hydrazone groups is 1. The Balaban J connectivity index is 1.38. The van der Waals surface area contributed by atoms with E-state index >= 15 is 0 Å². The van der Waals surface area contributed by atoms with E-state index in [2.05, 4.69) is 35.1 Å². The van der Waals surface area contributed by atoms with Gasteiger partial charge in [0.2, 0.25) is 11.7 Å². The van der Waals surface area contributed by atoms with Crippen LogP contribution in [0.5, 0.6) is 0 Å². The highest BCUT2D eigenvalue weighted by Gasteiger charge is 2.48. The Morgan fingerprint density at radius 1 is 1.19 bits per heavy atom. The fourth-order valence-corrected chi connectivity index (χ4v) is 5.34. The summed E-state index contributed by atoms with van der Waals surface area (Å²) in [5, 5.41) is 19.5. The third kappa shape index (κ3) is 2.14. The van der Waals surface area contributed by atoms with Gasteiger partial charge < -0.3 is 14.2 Å². The maximum absolute atomic E-state index is 10.8. The number of anilines is 1. The van der Waals surface area contributed by atoms with Crippen molar-refractivity contribution in [1.29, 1.82) is 0 Å². The molecule has 9 heteroatoms. The van der Waals surface area contributed by atoms with Crippen LogP contribution in [0.15, 0.2) is 22.1 Å². The number of hydrogen-bond donors (Lipinski definition) is 2. The van der Waals surface area contributed by atoms with Gasteiger partial charge in [0.15, 0.2) is 0 Å². The van der Waals surface area contributed by atoms with E-state index in [1.807, 2.05) is 12.5 Å². The van der Waals surface area contributed by atoms with Crippen LogP contribution in [0.3, 0.4) is 0 Å². The zero-order chi connectivity index (χ0) is 18.0. The maximum Gasteiger partial charge on any atom is 0.259 e. The van der Waals surface area contributed by atoms with E-state index < -0.39 is 5.60 Å². The molecule has 142 valence electrons. The van der Waals surface area contributed by atoms with Crippen molar-refractivity contribution in [2.45, 2.75) is 69.2 Å². The lowest BCUT2D eigenvalue weighted by molar-refractivity contribution is 0.0112. The SMILES string of the molecule is OC1(c2nc(C3=NNC4C5CCCCC5n5cncc5N34)no2)CCCC1. The van der Waals surface area contributed by atoms with Gasteiger partial charge in [-0.3, -0.25) is 10.3 Å². The van der Waals surface area contributed by atoms with Crippen LogP contribution in [0.25, 0.3) is 0 Å². The van der Waals surface area contributed by atoms with Gasteiger partial charge >= 0.3 is 0 Å². The van der Waals surface area contributed by atoms with Crippen LogP contribution >= 0.6 is 0 Å². The van der Waals surface area contributed by atoms with Gasteiger partial charge in [-0.05, 0) is 38.5 Å². The number of hydrogen-bond acceptors (Lipinski definition) is 8. The molecular weight excluding hydrogens is 346 g/mol. The van der Waals surface area contributed by atoms with E-state index in [0.29, 0.717) is 42.4 Å². The molecule has 4 heterocycles. The first kappa shape index (κ1) is 15.6. The van der Waals surface area contributed by atoms with Gasteiger partial charge in [-0.15, -0.1) is 0 Å². The molecule has 0 aromatic carbocycles. The summed E-state index contributed by atoms with van der Waals surface area (Å²) in [6.07, 6.45) is 12.0. The molecule has 2 saturated carbocycles. The summed E-state index contributed by atoms with van der Waals surface area (Å²) in [6.45, 7) is 0. The Labute approximate surface area is 156 Å². The molecule has 27 heavy (non-hydrogen) atoms. The minimum atomic E-state index is -0.991. The molecule has 0 radical (unpaired) electrons. The molecule has 2 aromatic heterocycles. The Kier molecular flexibility index (Phi) is 3.21. The van der Waals surface area contributed by atoms with Crippen LogP contribution in [0, 0.1) is 5.92 Å². The molecule has 6 rings (SSSR count). The third-order valence-electron chi connectivity index (χ3n) is 6.70. The topological polar surface area (TPSA) is 105 Å². The van der Waals surface area contributed by atoms with Crippen molar-refractivity contribution in [2.24, 2.45) is 11.0 Å². The van der Waals surface area contributed by atoms with E-state index in [1.165, 1.54) is 19.3 Å². The van der Waals surface area contributed by atoms with Gasteiger partial charge in [-0.2, -0.15) is 10.1 Å². The minimum absolute atomic E-state index is 0.0889. The Hall–Kier alpha value is -2.42. The minimum Gasteiger partial charge on any atom is -0.380 e.